The fraction of sp³-hybridized carbons (Fsp3) is 0.240. The summed E-state index contributed by atoms with van der Waals surface area (Å²) < 4.78 is 12.7. The van der Waals surface area contributed by atoms with Crippen molar-refractivity contribution in [3.05, 3.63) is 82.9 Å². The minimum atomic E-state index is -0.793. The number of halogens is 1. The lowest BCUT2D eigenvalue weighted by Crippen LogP contribution is -2.31. The number of ketones is 1. The van der Waals surface area contributed by atoms with Crippen LogP contribution >= 0.6 is 11.6 Å². The standard InChI is InChI=1S/C25H24ClN3O5/c1-33-19-9-6-17(14-20(19)34-2)22-21(23(30)16-4-7-18(26)8-5-16)24(31)25(32)29(22)12-3-11-28-13-10-27-15-28/h4-10,13-15,22,30H,3,11-12H2,1-2H3. The Kier molecular flexibility index (Phi) is 6.88. The number of hydrogen-bond acceptors (Lipinski definition) is 6. The summed E-state index contributed by atoms with van der Waals surface area (Å²) in [6.07, 6.45) is 5.80. The van der Waals surface area contributed by atoms with Gasteiger partial charge in [0.05, 0.1) is 32.2 Å². The highest BCUT2D eigenvalue weighted by Gasteiger charge is 2.46. The average Bonchev–Trinajstić information content (AvgIpc) is 3.46. The third kappa shape index (κ3) is 4.49. The topological polar surface area (TPSA) is 93.9 Å². The first kappa shape index (κ1) is 23.4. The molecular weight excluding hydrogens is 458 g/mol. The predicted octanol–water partition coefficient (Wildman–Crippen LogP) is 4.07. The van der Waals surface area contributed by atoms with Gasteiger partial charge in [-0.3, -0.25) is 9.59 Å². The zero-order valence-electron chi connectivity index (χ0n) is 18.8. The summed E-state index contributed by atoms with van der Waals surface area (Å²) in [5.74, 6) is -0.695. The molecule has 176 valence electrons. The van der Waals surface area contributed by atoms with E-state index in [0.29, 0.717) is 47.2 Å². The van der Waals surface area contributed by atoms with E-state index in [4.69, 9.17) is 21.1 Å². The number of methoxy groups -OCH3 is 2. The molecule has 0 aliphatic carbocycles. The van der Waals surface area contributed by atoms with Crippen LogP contribution in [0.3, 0.4) is 0 Å². The van der Waals surface area contributed by atoms with Gasteiger partial charge in [0, 0.05) is 36.1 Å². The van der Waals surface area contributed by atoms with Gasteiger partial charge in [0.1, 0.15) is 5.76 Å². The molecule has 8 nitrogen and oxygen atoms in total. The number of hydrogen-bond donors (Lipinski definition) is 1. The number of nitrogens with zero attached hydrogens (tertiary/aromatic N) is 3. The first-order valence-corrected chi connectivity index (χ1v) is 11.0. The molecule has 1 aliphatic heterocycles. The van der Waals surface area contributed by atoms with Crippen LogP contribution in [-0.2, 0) is 16.1 Å². The molecule has 1 fully saturated rings. The molecule has 0 saturated carbocycles. The second-order valence-corrected chi connectivity index (χ2v) is 8.20. The fourth-order valence-corrected chi connectivity index (χ4v) is 4.21. The number of aliphatic hydroxyl groups is 1. The molecule has 1 N–H and O–H groups in total. The number of likely N-dealkylation sites (tertiary alicyclic amines) is 1. The summed E-state index contributed by atoms with van der Waals surface area (Å²) in [6, 6.07) is 10.8. The Morgan fingerprint density at radius 3 is 2.44 bits per heavy atom. The second kappa shape index (κ2) is 10.0. The van der Waals surface area contributed by atoms with Crippen molar-refractivity contribution in [3.63, 3.8) is 0 Å². The van der Waals surface area contributed by atoms with Gasteiger partial charge in [0.2, 0.25) is 0 Å². The van der Waals surface area contributed by atoms with Crippen LogP contribution in [0.1, 0.15) is 23.6 Å². The number of benzene rings is 2. The summed E-state index contributed by atoms with van der Waals surface area (Å²) >= 11 is 5.98. The number of imidazole rings is 1. The van der Waals surface area contributed by atoms with Crippen molar-refractivity contribution in [1.82, 2.24) is 14.5 Å². The third-order valence-electron chi connectivity index (χ3n) is 5.76. The Morgan fingerprint density at radius 1 is 1.06 bits per heavy atom. The lowest BCUT2D eigenvalue weighted by Gasteiger charge is -2.26. The number of carbonyl (C=O) groups is 2. The number of Topliss-reactive ketones (excluding diaryl/α,β-unsaturated/α-hetero) is 1. The predicted molar refractivity (Wildman–Crippen MR) is 127 cm³/mol. The van der Waals surface area contributed by atoms with Gasteiger partial charge in [-0.25, -0.2) is 4.98 Å². The van der Waals surface area contributed by atoms with Crippen molar-refractivity contribution in [3.8, 4) is 11.5 Å². The molecule has 4 rings (SSSR count). The zero-order chi connectivity index (χ0) is 24.2. The first-order chi connectivity index (χ1) is 16.4. The maximum atomic E-state index is 13.1. The van der Waals surface area contributed by atoms with E-state index in [9.17, 15) is 14.7 Å². The van der Waals surface area contributed by atoms with E-state index in [-0.39, 0.29) is 11.3 Å². The number of aliphatic hydroxyl groups excluding tert-OH is 1. The molecule has 2 aromatic carbocycles. The van der Waals surface area contributed by atoms with E-state index >= 15 is 0 Å². The fourth-order valence-electron chi connectivity index (χ4n) is 4.09. The van der Waals surface area contributed by atoms with Crippen molar-refractivity contribution in [2.75, 3.05) is 20.8 Å². The van der Waals surface area contributed by atoms with Gasteiger partial charge in [-0.05, 0) is 48.4 Å². The van der Waals surface area contributed by atoms with Crippen molar-refractivity contribution >= 4 is 29.1 Å². The molecule has 1 saturated heterocycles. The number of carbonyl (C=O) groups excluding carboxylic acids is 2. The minimum Gasteiger partial charge on any atom is -0.507 e. The molecule has 1 atom stereocenters. The molecule has 3 aromatic rings. The zero-order valence-corrected chi connectivity index (χ0v) is 19.5. The Hall–Kier alpha value is -3.78. The van der Waals surface area contributed by atoms with E-state index in [0.717, 1.165) is 0 Å². The van der Waals surface area contributed by atoms with Crippen LogP contribution in [0.2, 0.25) is 5.02 Å². The Balaban J connectivity index is 1.77. The maximum Gasteiger partial charge on any atom is 0.295 e. The highest BCUT2D eigenvalue weighted by Crippen LogP contribution is 2.42. The van der Waals surface area contributed by atoms with Crippen LogP contribution in [0, 0.1) is 0 Å². The van der Waals surface area contributed by atoms with Gasteiger partial charge in [-0.15, -0.1) is 0 Å². The van der Waals surface area contributed by atoms with Gasteiger partial charge in [-0.2, -0.15) is 0 Å². The third-order valence-corrected chi connectivity index (χ3v) is 6.01. The van der Waals surface area contributed by atoms with Gasteiger partial charge in [-0.1, -0.05) is 17.7 Å². The maximum absolute atomic E-state index is 13.1. The Bertz CT molecular complexity index is 1220. The van der Waals surface area contributed by atoms with E-state index in [1.807, 2.05) is 10.8 Å². The average molecular weight is 482 g/mol. The van der Waals surface area contributed by atoms with E-state index < -0.39 is 17.7 Å². The minimum absolute atomic E-state index is 0.0159. The van der Waals surface area contributed by atoms with Crippen LogP contribution in [0.15, 0.2) is 66.8 Å². The Labute approximate surface area is 202 Å². The molecule has 34 heavy (non-hydrogen) atoms. The molecule has 1 aliphatic rings. The summed E-state index contributed by atoms with van der Waals surface area (Å²) in [5, 5.41) is 11.6. The lowest BCUT2D eigenvalue weighted by molar-refractivity contribution is -0.139. The van der Waals surface area contributed by atoms with E-state index in [1.54, 1.807) is 55.0 Å². The molecule has 0 bridgehead atoms. The quantitative estimate of drug-likeness (QED) is 0.296. The van der Waals surface area contributed by atoms with E-state index in [1.165, 1.54) is 19.1 Å². The highest BCUT2D eigenvalue weighted by atomic mass is 35.5. The number of amides is 1. The summed E-state index contributed by atoms with van der Waals surface area (Å²) in [7, 11) is 3.04. The van der Waals surface area contributed by atoms with Crippen LogP contribution in [-0.4, -0.2) is 52.0 Å². The van der Waals surface area contributed by atoms with Crippen molar-refractivity contribution in [1.29, 1.82) is 0 Å². The van der Waals surface area contributed by atoms with Crippen molar-refractivity contribution in [2.45, 2.75) is 19.0 Å². The van der Waals surface area contributed by atoms with Gasteiger partial charge in [0.15, 0.2) is 11.5 Å². The largest absolute Gasteiger partial charge is 0.507 e. The van der Waals surface area contributed by atoms with E-state index in [2.05, 4.69) is 4.98 Å². The smallest absolute Gasteiger partial charge is 0.295 e. The second-order valence-electron chi connectivity index (χ2n) is 7.77. The molecule has 1 aromatic heterocycles. The number of aromatic nitrogens is 2. The molecule has 1 amide bonds. The molecule has 9 heteroatoms. The van der Waals surface area contributed by atoms with Gasteiger partial charge in [0.25, 0.3) is 11.7 Å². The van der Waals surface area contributed by atoms with Crippen molar-refractivity contribution < 1.29 is 24.2 Å². The summed E-state index contributed by atoms with van der Waals surface area (Å²) in [6.45, 7) is 0.929. The molecule has 1 unspecified atom stereocenters. The normalized spacial score (nSPS) is 17.3. The molecular formula is C25H24ClN3O5. The SMILES string of the molecule is COc1ccc(C2C(=C(O)c3ccc(Cl)cc3)C(=O)C(=O)N2CCCn2ccnc2)cc1OC. The summed E-state index contributed by atoms with van der Waals surface area (Å²) in [4.78, 5) is 31.8. The van der Waals surface area contributed by atoms with Crippen LogP contribution in [0.4, 0.5) is 0 Å². The lowest BCUT2D eigenvalue weighted by atomic mass is 9.95. The van der Waals surface area contributed by atoms with Gasteiger partial charge < -0.3 is 24.0 Å². The number of rotatable bonds is 8. The van der Waals surface area contributed by atoms with Crippen molar-refractivity contribution in [2.24, 2.45) is 0 Å². The van der Waals surface area contributed by atoms with Crippen LogP contribution in [0.5, 0.6) is 11.5 Å². The van der Waals surface area contributed by atoms with Gasteiger partial charge >= 0.3 is 0 Å². The first-order valence-electron chi connectivity index (χ1n) is 10.7. The highest BCUT2D eigenvalue weighted by molar-refractivity contribution is 6.46. The molecule has 0 spiro atoms. The molecule has 0 radical (unpaired) electrons. The molecule has 2 heterocycles. The number of aryl methyl sites for hydroxylation is 1. The Morgan fingerprint density at radius 2 is 1.79 bits per heavy atom. The van der Waals surface area contributed by atoms with Crippen LogP contribution in [0.25, 0.3) is 5.76 Å². The monoisotopic (exact) mass is 481 g/mol. The summed E-state index contributed by atoms with van der Waals surface area (Å²) in [5.41, 5.74) is 1.03. The number of ether oxygens (including phenoxy) is 2. The van der Waals surface area contributed by atoms with Crippen LogP contribution < -0.4 is 9.47 Å².